The number of carbonyl (C=O) groups is 1. The van der Waals surface area contributed by atoms with Crippen LogP contribution in [0.2, 0.25) is 5.02 Å². The van der Waals surface area contributed by atoms with E-state index in [2.05, 4.69) is 10.5 Å². The van der Waals surface area contributed by atoms with Crippen LogP contribution in [0.4, 0.5) is 5.69 Å². The van der Waals surface area contributed by atoms with Gasteiger partial charge in [-0.05, 0) is 49.2 Å². The molecule has 27 heavy (non-hydrogen) atoms. The van der Waals surface area contributed by atoms with Gasteiger partial charge in [-0.1, -0.05) is 11.6 Å². The Morgan fingerprint density at radius 1 is 1.30 bits per heavy atom. The summed E-state index contributed by atoms with van der Waals surface area (Å²) in [7, 11) is 1.35. The van der Waals surface area contributed by atoms with Gasteiger partial charge in [0, 0.05) is 16.7 Å². The molecule has 2 rings (SSSR count). The third-order valence-corrected chi connectivity index (χ3v) is 4.18. The topological polar surface area (TPSA) is 103 Å². The Bertz CT molecular complexity index is 876. The Hall–Kier alpha value is -3.13. The highest BCUT2D eigenvalue weighted by Gasteiger charge is 2.14. The van der Waals surface area contributed by atoms with Gasteiger partial charge in [0.1, 0.15) is 5.75 Å². The number of benzene rings is 2. The van der Waals surface area contributed by atoms with Gasteiger partial charge in [-0.2, -0.15) is 5.10 Å². The molecule has 2 aromatic carbocycles. The summed E-state index contributed by atoms with van der Waals surface area (Å²) in [6, 6.07) is 7.81. The van der Waals surface area contributed by atoms with E-state index < -0.39 is 10.8 Å². The SMILES string of the molecule is COc1ccc(C=NNC(=O)COc2cc(C)c(Cl)c(C)c2)cc1[N+](=O)[O-]. The molecule has 0 aliphatic carbocycles. The summed E-state index contributed by atoms with van der Waals surface area (Å²) in [6.45, 7) is 3.46. The minimum absolute atomic E-state index is 0.142. The number of carbonyl (C=O) groups excluding carboxylic acids is 1. The van der Waals surface area contributed by atoms with Gasteiger partial charge in [-0.15, -0.1) is 0 Å². The van der Waals surface area contributed by atoms with Gasteiger partial charge in [-0.3, -0.25) is 14.9 Å². The van der Waals surface area contributed by atoms with Gasteiger partial charge in [0.05, 0.1) is 18.2 Å². The zero-order valence-electron chi connectivity index (χ0n) is 15.0. The number of nitrogens with one attached hydrogen (secondary N) is 1. The van der Waals surface area contributed by atoms with Crippen molar-refractivity contribution in [3.63, 3.8) is 0 Å². The van der Waals surface area contributed by atoms with Crippen molar-refractivity contribution < 1.29 is 19.2 Å². The van der Waals surface area contributed by atoms with Gasteiger partial charge < -0.3 is 9.47 Å². The molecule has 0 saturated heterocycles. The van der Waals surface area contributed by atoms with Gasteiger partial charge in [0.15, 0.2) is 12.4 Å². The number of hydrazone groups is 1. The largest absolute Gasteiger partial charge is 0.490 e. The number of nitrogens with zero attached hydrogens (tertiary/aromatic N) is 2. The molecule has 0 spiro atoms. The number of hydrogen-bond donors (Lipinski definition) is 1. The molecule has 0 atom stereocenters. The molecule has 9 heteroatoms. The fourth-order valence-electron chi connectivity index (χ4n) is 2.28. The lowest BCUT2D eigenvalue weighted by Gasteiger charge is -2.09. The summed E-state index contributed by atoms with van der Waals surface area (Å²) in [4.78, 5) is 22.2. The molecule has 0 heterocycles. The summed E-state index contributed by atoms with van der Waals surface area (Å²) in [5.74, 6) is 0.196. The quantitative estimate of drug-likeness (QED) is 0.442. The molecule has 2 aromatic rings. The molecule has 0 fully saturated rings. The van der Waals surface area contributed by atoms with Crippen molar-refractivity contribution in [2.45, 2.75) is 13.8 Å². The third-order valence-electron chi connectivity index (χ3n) is 3.58. The third kappa shape index (κ3) is 5.42. The number of nitro groups is 1. The number of methoxy groups -OCH3 is 1. The predicted molar refractivity (Wildman–Crippen MR) is 102 cm³/mol. The summed E-state index contributed by atoms with van der Waals surface area (Å²) < 4.78 is 10.3. The molecule has 0 aromatic heterocycles. The molecule has 142 valence electrons. The lowest BCUT2D eigenvalue weighted by molar-refractivity contribution is -0.385. The molecule has 0 radical (unpaired) electrons. The molecule has 1 amide bonds. The molecule has 8 nitrogen and oxygen atoms in total. The van der Waals surface area contributed by atoms with Crippen LogP contribution in [0.25, 0.3) is 0 Å². The number of aryl methyl sites for hydroxylation is 2. The van der Waals surface area contributed by atoms with Crippen LogP contribution in [-0.2, 0) is 4.79 Å². The van der Waals surface area contributed by atoms with E-state index >= 15 is 0 Å². The highest BCUT2D eigenvalue weighted by atomic mass is 35.5. The van der Waals surface area contributed by atoms with E-state index in [0.717, 1.165) is 11.1 Å². The summed E-state index contributed by atoms with van der Waals surface area (Å²) >= 11 is 6.08. The van der Waals surface area contributed by atoms with Crippen molar-refractivity contribution in [3.05, 3.63) is 62.2 Å². The Balaban J connectivity index is 1.94. The average molecular weight is 392 g/mol. The zero-order valence-corrected chi connectivity index (χ0v) is 15.7. The van der Waals surface area contributed by atoms with Crippen molar-refractivity contribution in [3.8, 4) is 11.5 Å². The van der Waals surface area contributed by atoms with Gasteiger partial charge >= 0.3 is 5.69 Å². The van der Waals surface area contributed by atoms with Crippen LogP contribution in [0.1, 0.15) is 16.7 Å². The van der Waals surface area contributed by atoms with Crippen LogP contribution in [0, 0.1) is 24.0 Å². The maximum absolute atomic E-state index is 11.8. The van der Waals surface area contributed by atoms with Crippen LogP contribution < -0.4 is 14.9 Å². The molecule has 0 bridgehead atoms. The van der Waals surface area contributed by atoms with E-state index in [9.17, 15) is 14.9 Å². The standard InChI is InChI=1S/C18H18ClN3O5/c1-11-6-14(7-12(2)18(11)19)27-10-17(23)21-20-9-13-4-5-16(26-3)15(8-13)22(24)25/h4-9H,10H2,1-3H3,(H,21,23). The number of halogens is 1. The second-order valence-corrected chi connectivity index (χ2v) is 6.02. The monoisotopic (exact) mass is 391 g/mol. The second-order valence-electron chi connectivity index (χ2n) is 5.64. The van der Waals surface area contributed by atoms with Crippen molar-refractivity contribution in [1.82, 2.24) is 5.43 Å². The molecule has 0 saturated carbocycles. The maximum atomic E-state index is 11.8. The highest BCUT2D eigenvalue weighted by molar-refractivity contribution is 6.32. The van der Waals surface area contributed by atoms with E-state index in [-0.39, 0.29) is 18.0 Å². The Labute approximate surface area is 160 Å². The summed E-state index contributed by atoms with van der Waals surface area (Å²) in [5.41, 5.74) is 4.25. The van der Waals surface area contributed by atoms with Crippen LogP contribution >= 0.6 is 11.6 Å². The molecule has 1 N–H and O–H groups in total. The van der Waals surface area contributed by atoms with E-state index in [1.54, 1.807) is 18.2 Å². The molecular formula is C18H18ClN3O5. The Morgan fingerprint density at radius 2 is 1.96 bits per heavy atom. The molecular weight excluding hydrogens is 374 g/mol. The number of hydrogen-bond acceptors (Lipinski definition) is 6. The first-order valence-electron chi connectivity index (χ1n) is 7.85. The van der Waals surface area contributed by atoms with Crippen LogP contribution in [-0.4, -0.2) is 30.8 Å². The van der Waals surface area contributed by atoms with E-state index in [0.29, 0.717) is 16.3 Å². The lowest BCUT2D eigenvalue weighted by atomic mass is 10.1. The summed E-state index contributed by atoms with van der Waals surface area (Å²) in [6.07, 6.45) is 1.29. The van der Waals surface area contributed by atoms with Crippen LogP contribution in [0.15, 0.2) is 35.4 Å². The lowest BCUT2D eigenvalue weighted by Crippen LogP contribution is -2.24. The van der Waals surface area contributed by atoms with Crippen molar-refractivity contribution in [1.29, 1.82) is 0 Å². The van der Waals surface area contributed by atoms with Gasteiger partial charge in [0.2, 0.25) is 0 Å². The molecule has 0 aliphatic heterocycles. The first kappa shape index (κ1) is 20.2. The van der Waals surface area contributed by atoms with Crippen LogP contribution in [0.3, 0.4) is 0 Å². The highest BCUT2D eigenvalue weighted by Crippen LogP contribution is 2.27. The number of rotatable bonds is 7. The average Bonchev–Trinajstić information content (AvgIpc) is 2.64. The number of nitro benzene ring substituents is 1. The zero-order chi connectivity index (χ0) is 20.0. The van der Waals surface area contributed by atoms with E-state index in [1.807, 2.05) is 13.8 Å². The summed E-state index contributed by atoms with van der Waals surface area (Å²) in [5, 5.41) is 15.4. The number of ether oxygens (including phenoxy) is 2. The van der Waals surface area contributed by atoms with E-state index in [4.69, 9.17) is 21.1 Å². The minimum atomic E-state index is -0.557. The first-order valence-corrected chi connectivity index (χ1v) is 8.23. The second kappa shape index (κ2) is 9.00. The first-order chi connectivity index (χ1) is 12.8. The Morgan fingerprint density at radius 3 is 2.56 bits per heavy atom. The van der Waals surface area contributed by atoms with E-state index in [1.165, 1.54) is 25.5 Å². The van der Waals surface area contributed by atoms with Crippen molar-refractivity contribution in [2.75, 3.05) is 13.7 Å². The number of amides is 1. The predicted octanol–water partition coefficient (Wildman–Crippen LogP) is 3.40. The van der Waals surface area contributed by atoms with Crippen molar-refractivity contribution >= 4 is 29.4 Å². The normalized spacial score (nSPS) is 10.7. The minimum Gasteiger partial charge on any atom is -0.490 e. The smallest absolute Gasteiger partial charge is 0.311 e. The Kier molecular flexibility index (Phi) is 6.73. The fraction of sp³-hybridized carbons (Fsp3) is 0.222. The van der Waals surface area contributed by atoms with Crippen molar-refractivity contribution in [2.24, 2.45) is 5.10 Å². The molecule has 0 aliphatic rings. The maximum Gasteiger partial charge on any atom is 0.311 e. The molecule has 0 unspecified atom stereocenters. The van der Waals surface area contributed by atoms with Gasteiger partial charge in [0.25, 0.3) is 5.91 Å². The van der Waals surface area contributed by atoms with Gasteiger partial charge in [-0.25, -0.2) is 5.43 Å². The van der Waals surface area contributed by atoms with Crippen LogP contribution in [0.5, 0.6) is 11.5 Å². The fourth-order valence-corrected chi connectivity index (χ4v) is 2.39.